The number of alkyl halides is 3. The van der Waals surface area contributed by atoms with Gasteiger partial charge in [0.1, 0.15) is 17.2 Å². The Kier molecular flexibility index (Phi) is 5.99. The third-order valence-corrected chi connectivity index (χ3v) is 5.50. The Bertz CT molecular complexity index is 860. The first-order valence-electron chi connectivity index (χ1n) is 8.83. The number of thiazole rings is 1. The smallest absolute Gasteiger partial charge is 0.475 e. The van der Waals surface area contributed by atoms with Crippen LogP contribution in [0.3, 0.4) is 0 Å². The van der Waals surface area contributed by atoms with Gasteiger partial charge in [0.15, 0.2) is 0 Å². The molecule has 2 aromatic rings. The fraction of sp³-hybridized carbons (Fsp3) is 0.500. The molecular formula is C18H20F3N3O4S. The zero-order chi connectivity index (χ0) is 21.2. The van der Waals surface area contributed by atoms with Gasteiger partial charge in [0.05, 0.1) is 12.1 Å². The van der Waals surface area contributed by atoms with Crippen LogP contribution in [0.2, 0.25) is 0 Å². The first kappa shape index (κ1) is 21.3. The SMILES string of the molecule is Cc1ccc(CN2CC3(CCN(C(=O)c4cscn4)C3)C2)o1.O=C(O)C(F)(F)F. The molecule has 7 nitrogen and oxygen atoms in total. The molecule has 2 aromatic heterocycles. The normalized spacial score (nSPS) is 18.3. The van der Waals surface area contributed by atoms with Crippen molar-refractivity contribution >= 4 is 23.2 Å². The van der Waals surface area contributed by atoms with Crippen LogP contribution in [0.15, 0.2) is 27.4 Å². The van der Waals surface area contributed by atoms with Crippen LogP contribution in [0.4, 0.5) is 13.2 Å². The summed E-state index contributed by atoms with van der Waals surface area (Å²) in [5.41, 5.74) is 2.59. The molecule has 1 N–H and O–H groups in total. The maximum absolute atomic E-state index is 12.4. The molecule has 158 valence electrons. The van der Waals surface area contributed by atoms with Gasteiger partial charge in [-0.15, -0.1) is 11.3 Å². The van der Waals surface area contributed by atoms with Gasteiger partial charge in [-0.05, 0) is 25.5 Å². The zero-order valence-electron chi connectivity index (χ0n) is 15.6. The molecule has 0 aromatic carbocycles. The van der Waals surface area contributed by atoms with Crippen LogP contribution in [-0.2, 0) is 11.3 Å². The number of carboxylic acids is 1. The van der Waals surface area contributed by atoms with E-state index in [9.17, 15) is 18.0 Å². The highest BCUT2D eigenvalue weighted by molar-refractivity contribution is 7.07. The topological polar surface area (TPSA) is 86.9 Å². The summed E-state index contributed by atoms with van der Waals surface area (Å²) in [6, 6.07) is 4.06. The van der Waals surface area contributed by atoms with Crippen LogP contribution >= 0.6 is 11.3 Å². The van der Waals surface area contributed by atoms with Crippen LogP contribution in [0.5, 0.6) is 0 Å². The quantitative estimate of drug-likeness (QED) is 0.804. The molecule has 2 aliphatic rings. The molecule has 4 heterocycles. The Balaban J connectivity index is 0.000000298. The number of furan rings is 1. The van der Waals surface area contributed by atoms with Gasteiger partial charge < -0.3 is 14.4 Å². The summed E-state index contributed by atoms with van der Waals surface area (Å²) in [6.45, 7) is 6.65. The fourth-order valence-electron chi connectivity index (χ4n) is 3.65. The Morgan fingerprint density at radius 1 is 1.31 bits per heavy atom. The lowest BCUT2D eigenvalue weighted by molar-refractivity contribution is -0.192. The van der Waals surface area contributed by atoms with Crippen LogP contribution in [0, 0.1) is 12.3 Å². The monoisotopic (exact) mass is 431 g/mol. The van der Waals surface area contributed by atoms with Crippen molar-refractivity contribution in [2.24, 2.45) is 5.41 Å². The van der Waals surface area contributed by atoms with Crippen LogP contribution in [0.1, 0.15) is 28.4 Å². The third kappa shape index (κ3) is 5.15. The molecule has 0 aliphatic carbocycles. The number of carbonyl (C=O) groups excluding carboxylic acids is 1. The van der Waals surface area contributed by atoms with Gasteiger partial charge in [-0.3, -0.25) is 9.69 Å². The number of halogens is 3. The first-order chi connectivity index (χ1) is 13.6. The van der Waals surface area contributed by atoms with Crippen molar-refractivity contribution in [3.05, 3.63) is 40.2 Å². The van der Waals surface area contributed by atoms with Gasteiger partial charge in [-0.1, -0.05) is 0 Å². The highest BCUT2D eigenvalue weighted by Gasteiger charge is 2.48. The van der Waals surface area contributed by atoms with Crippen LogP contribution < -0.4 is 0 Å². The lowest BCUT2D eigenvalue weighted by Crippen LogP contribution is -2.57. The van der Waals surface area contributed by atoms with Crippen molar-refractivity contribution in [1.29, 1.82) is 0 Å². The molecule has 0 saturated carbocycles. The average Bonchev–Trinajstić information content (AvgIpc) is 3.34. The van der Waals surface area contributed by atoms with Crippen LogP contribution in [0.25, 0.3) is 0 Å². The highest BCUT2D eigenvalue weighted by Crippen LogP contribution is 2.40. The van der Waals surface area contributed by atoms with Crippen molar-refractivity contribution in [3.8, 4) is 0 Å². The minimum absolute atomic E-state index is 0.0817. The second-order valence-electron chi connectivity index (χ2n) is 7.31. The minimum Gasteiger partial charge on any atom is -0.475 e. The summed E-state index contributed by atoms with van der Waals surface area (Å²) in [5, 5.41) is 8.96. The lowest BCUT2D eigenvalue weighted by Gasteiger charge is -2.47. The summed E-state index contributed by atoms with van der Waals surface area (Å²) in [7, 11) is 0. The third-order valence-electron chi connectivity index (χ3n) is 4.91. The number of carbonyl (C=O) groups is 2. The van der Waals surface area contributed by atoms with Gasteiger partial charge >= 0.3 is 12.1 Å². The Morgan fingerprint density at radius 3 is 2.52 bits per heavy atom. The number of amides is 1. The number of aliphatic carboxylic acids is 1. The summed E-state index contributed by atoms with van der Waals surface area (Å²) in [4.78, 5) is 29.7. The van der Waals surface area contributed by atoms with Crippen molar-refractivity contribution in [3.63, 3.8) is 0 Å². The molecular weight excluding hydrogens is 411 g/mol. The van der Waals surface area contributed by atoms with E-state index < -0.39 is 12.1 Å². The Labute approximate surface area is 168 Å². The molecule has 29 heavy (non-hydrogen) atoms. The van der Waals surface area contributed by atoms with Crippen molar-refractivity contribution in [1.82, 2.24) is 14.8 Å². The molecule has 2 fully saturated rings. The van der Waals surface area contributed by atoms with Crippen molar-refractivity contribution < 1.29 is 32.3 Å². The predicted octanol–water partition coefficient (Wildman–Crippen LogP) is 3.03. The second kappa shape index (κ2) is 8.15. The molecule has 4 rings (SSSR count). The fourth-order valence-corrected chi connectivity index (χ4v) is 4.18. The highest BCUT2D eigenvalue weighted by atomic mass is 32.1. The molecule has 0 atom stereocenters. The summed E-state index contributed by atoms with van der Waals surface area (Å²) >= 11 is 1.47. The van der Waals surface area contributed by atoms with Gasteiger partial charge in [-0.25, -0.2) is 9.78 Å². The van der Waals surface area contributed by atoms with Crippen molar-refractivity contribution in [2.45, 2.75) is 26.1 Å². The van der Waals surface area contributed by atoms with Crippen LogP contribution in [-0.4, -0.2) is 64.1 Å². The number of hydrogen-bond donors (Lipinski definition) is 1. The molecule has 2 aliphatic heterocycles. The molecule has 0 bridgehead atoms. The lowest BCUT2D eigenvalue weighted by atomic mass is 9.79. The predicted molar refractivity (Wildman–Crippen MR) is 97.5 cm³/mol. The maximum atomic E-state index is 12.4. The Hall–Kier alpha value is -2.40. The van der Waals surface area contributed by atoms with E-state index in [4.69, 9.17) is 14.3 Å². The minimum atomic E-state index is -5.08. The van der Waals surface area contributed by atoms with E-state index in [0.29, 0.717) is 5.69 Å². The number of likely N-dealkylation sites (tertiary alicyclic amines) is 2. The molecule has 0 radical (unpaired) electrons. The van der Waals surface area contributed by atoms with E-state index in [-0.39, 0.29) is 11.3 Å². The van der Waals surface area contributed by atoms with Gasteiger partial charge in [-0.2, -0.15) is 13.2 Å². The Morgan fingerprint density at radius 2 is 2.00 bits per heavy atom. The van der Waals surface area contributed by atoms with Crippen molar-refractivity contribution in [2.75, 3.05) is 26.2 Å². The number of carboxylic acid groups (broad SMARTS) is 1. The molecule has 1 spiro atoms. The van der Waals surface area contributed by atoms with E-state index in [1.807, 2.05) is 29.3 Å². The summed E-state index contributed by atoms with van der Waals surface area (Å²) < 4.78 is 37.4. The first-order valence-corrected chi connectivity index (χ1v) is 9.77. The standard InChI is InChI=1S/C16H19N3O2S.C2HF3O2/c1-12-2-3-13(21-12)6-18-8-16(9-18)4-5-19(10-16)15(20)14-7-22-11-17-14;3-2(4,5)1(6)7/h2-3,7,11H,4-6,8-10H2,1H3;(H,6,7). The van der Waals surface area contributed by atoms with E-state index in [0.717, 1.165) is 50.7 Å². The van der Waals surface area contributed by atoms with Gasteiger partial charge in [0.25, 0.3) is 5.91 Å². The second-order valence-corrected chi connectivity index (χ2v) is 8.03. The van der Waals surface area contributed by atoms with Gasteiger partial charge in [0, 0.05) is 37.0 Å². The van der Waals surface area contributed by atoms with E-state index >= 15 is 0 Å². The maximum Gasteiger partial charge on any atom is 0.490 e. The van der Waals surface area contributed by atoms with E-state index in [1.54, 1.807) is 5.51 Å². The number of nitrogens with zero attached hydrogens (tertiary/aromatic N) is 3. The van der Waals surface area contributed by atoms with E-state index in [2.05, 4.69) is 9.88 Å². The average molecular weight is 431 g/mol. The number of rotatable bonds is 3. The number of aryl methyl sites for hydroxylation is 1. The largest absolute Gasteiger partial charge is 0.490 e. The van der Waals surface area contributed by atoms with Gasteiger partial charge in [0.2, 0.25) is 0 Å². The number of aromatic nitrogens is 1. The van der Waals surface area contributed by atoms with E-state index in [1.165, 1.54) is 11.3 Å². The molecule has 11 heteroatoms. The molecule has 2 saturated heterocycles. The zero-order valence-corrected chi connectivity index (χ0v) is 16.4. The molecule has 1 amide bonds. The summed E-state index contributed by atoms with van der Waals surface area (Å²) in [6.07, 6.45) is -3.99. The summed E-state index contributed by atoms with van der Waals surface area (Å²) in [5.74, 6) is -0.683. The molecule has 0 unspecified atom stereocenters. The number of hydrogen-bond acceptors (Lipinski definition) is 6.